The maximum Gasteiger partial charge on any atom is 0.248 e. The SMILES string of the molecule is COc1cc(Nc2nc(N)n(-c3ccccn3)n2)ccc1OCCCN1CC(C)OC(C)C1. The Balaban J connectivity index is 1.33. The van der Waals surface area contributed by atoms with Gasteiger partial charge in [-0.25, -0.2) is 4.98 Å². The normalized spacial score (nSPS) is 18.8. The molecule has 2 aromatic heterocycles. The van der Waals surface area contributed by atoms with Crippen LogP contribution < -0.4 is 20.5 Å². The highest BCUT2D eigenvalue weighted by Crippen LogP contribution is 2.31. The summed E-state index contributed by atoms with van der Waals surface area (Å²) in [4.78, 5) is 10.9. The van der Waals surface area contributed by atoms with Crippen LogP contribution in [0.2, 0.25) is 0 Å². The predicted molar refractivity (Wildman–Crippen MR) is 126 cm³/mol. The van der Waals surface area contributed by atoms with E-state index in [2.05, 4.69) is 39.1 Å². The largest absolute Gasteiger partial charge is 0.493 e. The molecule has 1 aliphatic heterocycles. The number of anilines is 3. The second kappa shape index (κ2) is 10.5. The Hall–Kier alpha value is -3.37. The number of rotatable bonds is 9. The zero-order valence-electron chi connectivity index (χ0n) is 19.3. The standard InChI is InChI=1S/C23H31N7O3/c1-16-14-29(15-17(2)33-16)11-6-12-32-19-9-8-18(13-20(19)31-3)26-23-27-22(24)30(28-23)21-7-4-5-10-25-21/h4-5,7-10,13,16-17H,6,11-12,14-15H2,1-3H3,(H3,24,26,27,28). The summed E-state index contributed by atoms with van der Waals surface area (Å²) in [6.07, 6.45) is 3.15. The lowest BCUT2D eigenvalue weighted by atomic mass is 10.2. The first-order valence-corrected chi connectivity index (χ1v) is 11.1. The third-order valence-corrected chi connectivity index (χ3v) is 5.29. The average Bonchev–Trinajstić information content (AvgIpc) is 3.17. The number of hydrogen-bond acceptors (Lipinski definition) is 9. The van der Waals surface area contributed by atoms with Gasteiger partial charge in [-0.1, -0.05) is 6.07 Å². The number of methoxy groups -OCH3 is 1. The number of nitrogens with one attached hydrogen (secondary N) is 1. The van der Waals surface area contributed by atoms with Crippen molar-refractivity contribution in [3.05, 3.63) is 42.6 Å². The molecule has 2 atom stereocenters. The molecule has 0 bridgehead atoms. The van der Waals surface area contributed by atoms with Crippen molar-refractivity contribution in [2.75, 3.05) is 44.4 Å². The van der Waals surface area contributed by atoms with Crippen LogP contribution in [0.3, 0.4) is 0 Å². The summed E-state index contributed by atoms with van der Waals surface area (Å²) in [5.74, 6) is 2.52. The van der Waals surface area contributed by atoms with Crippen LogP contribution in [0.5, 0.6) is 11.5 Å². The molecule has 1 aliphatic rings. The third kappa shape index (κ3) is 5.91. The first-order valence-electron chi connectivity index (χ1n) is 11.1. The zero-order valence-corrected chi connectivity index (χ0v) is 19.3. The molecule has 0 radical (unpaired) electrons. The van der Waals surface area contributed by atoms with Gasteiger partial charge in [0.25, 0.3) is 0 Å². The molecular weight excluding hydrogens is 422 g/mol. The molecule has 1 fully saturated rings. The molecule has 33 heavy (non-hydrogen) atoms. The highest BCUT2D eigenvalue weighted by molar-refractivity contribution is 5.60. The topological polar surface area (TPSA) is 113 Å². The Morgan fingerprint density at radius 3 is 2.70 bits per heavy atom. The van der Waals surface area contributed by atoms with Gasteiger partial charge in [-0.15, -0.1) is 5.10 Å². The Labute approximate surface area is 193 Å². The van der Waals surface area contributed by atoms with Gasteiger partial charge in [-0.2, -0.15) is 9.67 Å². The molecule has 0 amide bonds. The predicted octanol–water partition coefficient (Wildman–Crippen LogP) is 2.87. The number of morpholine rings is 1. The van der Waals surface area contributed by atoms with Gasteiger partial charge < -0.3 is 25.3 Å². The Morgan fingerprint density at radius 1 is 1.15 bits per heavy atom. The van der Waals surface area contributed by atoms with Crippen LogP contribution in [0, 0.1) is 0 Å². The minimum absolute atomic E-state index is 0.243. The molecular formula is C23H31N7O3. The molecule has 176 valence electrons. The lowest BCUT2D eigenvalue weighted by molar-refractivity contribution is -0.0686. The van der Waals surface area contributed by atoms with Crippen LogP contribution in [0.15, 0.2) is 42.6 Å². The lowest BCUT2D eigenvalue weighted by Crippen LogP contribution is -2.45. The summed E-state index contributed by atoms with van der Waals surface area (Å²) < 4.78 is 18.8. The third-order valence-electron chi connectivity index (χ3n) is 5.29. The summed E-state index contributed by atoms with van der Waals surface area (Å²) >= 11 is 0. The van der Waals surface area contributed by atoms with E-state index < -0.39 is 0 Å². The van der Waals surface area contributed by atoms with E-state index in [1.807, 2.05) is 36.4 Å². The monoisotopic (exact) mass is 453 g/mol. The molecule has 3 N–H and O–H groups in total. The minimum atomic E-state index is 0.243. The minimum Gasteiger partial charge on any atom is -0.493 e. The van der Waals surface area contributed by atoms with Gasteiger partial charge in [-0.05, 0) is 44.5 Å². The average molecular weight is 454 g/mol. The number of hydrogen-bond donors (Lipinski definition) is 2. The number of nitrogens with zero attached hydrogens (tertiary/aromatic N) is 5. The maximum atomic E-state index is 6.00. The lowest BCUT2D eigenvalue weighted by Gasteiger charge is -2.35. The van der Waals surface area contributed by atoms with Crippen LogP contribution >= 0.6 is 0 Å². The van der Waals surface area contributed by atoms with Crippen molar-refractivity contribution < 1.29 is 14.2 Å². The molecule has 1 aromatic carbocycles. The van der Waals surface area contributed by atoms with Crippen molar-refractivity contribution in [2.24, 2.45) is 0 Å². The number of nitrogen functional groups attached to an aromatic ring is 1. The number of ether oxygens (including phenoxy) is 3. The van der Waals surface area contributed by atoms with Gasteiger partial charge >= 0.3 is 0 Å². The fourth-order valence-electron chi connectivity index (χ4n) is 3.96. The van der Waals surface area contributed by atoms with E-state index in [4.69, 9.17) is 19.9 Å². The molecule has 3 aromatic rings. The summed E-state index contributed by atoms with van der Waals surface area (Å²) in [5.41, 5.74) is 6.76. The molecule has 10 nitrogen and oxygen atoms in total. The highest BCUT2D eigenvalue weighted by atomic mass is 16.5. The van der Waals surface area contributed by atoms with Gasteiger partial charge in [-0.3, -0.25) is 4.90 Å². The van der Waals surface area contributed by atoms with Gasteiger partial charge in [0.1, 0.15) is 0 Å². The van der Waals surface area contributed by atoms with Gasteiger partial charge in [0.05, 0.1) is 25.9 Å². The second-order valence-electron chi connectivity index (χ2n) is 8.10. The summed E-state index contributed by atoms with van der Waals surface area (Å²) in [7, 11) is 1.62. The van der Waals surface area contributed by atoms with Crippen LogP contribution in [0.25, 0.3) is 5.82 Å². The number of pyridine rings is 1. The van der Waals surface area contributed by atoms with Gasteiger partial charge in [0, 0.05) is 37.6 Å². The fraction of sp³-hybridized carbons (Fsp3) is 0.435. The van der Waals surface area contributed by atoms with Crippen molar-refractivity contribution in [3.63, 3.8) is 0 Å². The van der Waals surface area contributed by atoms with E-state index >= 15 is 0 Å². The van der Waals surface area contributed by atoms with E-state index in [1.165, 1.54) is 4.68 Å². The van der Waals surface area contributed by atoms with Crippen LogP contribution in [-0.4, -0.2) is 70.2 Å². The van der Waals surface area contributed by atoms with Crippen molar-refractivity contribution >= 4 is 17.6 Å². The Morgan fingerprint density at radius 2 is 1.97 bits per heavy atom. The highest BCUT2D eigenvalue weighted by Gasteiger charge is 2.21. The quantitative estimate of drug-likeness (QED) is 0.472. The number of nitrogens with two attached hydrogens (primary N) is 1. The van der Waals surface area contributed by atoms with E-state index in [0.717, 1.165) is 31.7 Å². The van der Waals surface area contributed by atoms with Crippen LogP contribution in [0.1, 0.15) is 20.3 Å². The molecule has 1 saturated heterocycles. The molecule has 2 unspecified atom stereocenters. The molecule has 3 heterocycles. The van der Waals surface area contributed by atoms with Crippen molar-refractivity contribution in [1.82, 2.24) is 24.6 Å². The zero-order chi connectivity index (χ0) is 23.2. The molecule has 0 spiro atoms. The Bertz CT molecular complexity index is 1030. The molecule has 0 aliphatic carbocycles. The fourth-order valence-corrected chi connectivity index (χ4v) is 3.96. The second-order valence-corrected chi connectivity index (χ2v) is 8.10. The van der Waals surface area contributed by atoms with E-state index in [9.17, 15) is 0 Å². The van der Waals surface area contributed by atoms with Crippen LogP contribution in [-0.2, 0) is 4.74 Å². The van der Waals surface area contributed by atoms with Crippen molar-refractivity contribution in [2.45, 2.75) is 32.5 Å². The molecule has 4 rings (SSSR count). The first kappa shape index (κ1) is 22.8. The first-order chi connectivity index (χ1) is 16.0. The van der Waals surface area contributed by atoms with Crippen LogP contribution in [0.4, 0.5) is 17.6 Å². The molecule has 0 saturated carbocycles. The van der Waals surface area contributed by atoms with E-state index in [1.54, 1.807) is 13.3 Å². The summed E-state index contributed by atoms with van der Waals surface area (Å²) in [6.45, 7) is 7.74. The maximum absolute atomic E-state index is 6.00. The molecule has 10 heteroatoms. The smallest absolute Gasteiger partial charge is 0.248 e. The summed E-state index contributed by atoms with van der Waals surface area (Å²) in [5, 5.41) is 7.54. The van der Waals surface area contributed by atoms with Gasteiger partial charge in [0.2, 0.25) is 11.9 Å². The van der Waals surface area contributed by atoms with Crippen molar-refractivity contribution in [3.8, 4) is 17.3 Å². The van der Waals surface area contributed by atoms with Gasteiger partial charge in [0.15, 0.2) is 17.3 Å². The summed E-state index contributed by atoms with van der Waals surface area (Å²) in [6, 6.07) is 11.1. The van der Waals surface area contributed by atoms with Crippen molar-refractivity contribution in [1.29, 1.82) is 0 Å². The Kier molecular flexibility index (Phi) is 7.26. The van der Waals surface area contributed by atoms with E-state index in [0.29, 0.717) is 29.9 Å². The van der Waals surface area contributed by atoms with E-state index in [-0.39, 0.29) is 18.2 Å². The number of benzene rings is 1. The number of aromatic nitrogens is 4.